The van der Waals surface area contributed by atoms with Crippen LogP contribution in [0, 0.1) is 0 Å². The fourth-order valence-corrected chi connectivity index (χ4v) is 3.05. The molecule has 1 aliphatic heterocycles. The molecular formula is C18H14O5. The molecule has 3 aromatic rings. The van der Waals surface area contributed by atoms with Crippen molar-refractivity contribution in [1.29, 1.82) is 0 Å². The van der Waals surface area contributed by atoms with Crippen molar-refractivity contribution in [2.75, 3.05) is 21.0 Å². The van der Waals surface area contributed by atoms with E-state index in [1.807, 2.05) is 30.3 Å². The molecule has 0 aliphatic carbocycles. The van der Waals surface area contributed by atoms with E-state index in [1.165, 1.54) is 7.11 Å². The normalized spacial score (nSPS) is 12.6. The lowest BCUT2D eigenvalue weighted by Crippen LogP contribution is -2.02. The number of ether oxygens (including phenoxy) is 4. The second kappa shape index (κ2) is 5.05. The molecule has 0 bridgehead atoms. The van der Waals surface area contributed by atoms with E-state index in [1.54, 1.807) is 13.2 Å². The number of benzene rings is 3. The third kappa shape index (κ3) is 1.90. The summed E-state index contributed by atoms with van der Waals surface area (Å²) in [6.07, 6.45) is 0. The average molecular weight is 310 g/mol. The Morgan fingerprint density at radius 2 is 1.87 bits per heavy atom. The van der Waals surface area contributed by atoms with E-state index in [-0.39, 0.29) is 6.79 Å². The van der Waals surface area contributed by atoms with Crippen molar-refractivity contribution in [1.82, 2.24) is 0 Å². The minimum atomic E-state index is -0.407. The molecular weight excluding hydrogens is 296 g/mol. The average Bonchev–Trinajstić information content (AvgIpc) is 3.07. The SMILES string of the molecule is COC(=O)c1cc2c(c3c1ccc1c(OC)cccc13)OCO2. The monoisotopic (exact) mass is 310 g/mol. The minimum absolute atomic E-state index is 0.134. The Labute approximate surface area is 132 Å². The van der Waals surface area contributed by atoms with Gasteiger partial charge in [-0.2, -0.15) is 0 Å². The topological polar surface area (TPSA) is 54.0 Å². The standard InChI is InChI=1S/C18H14O5/c1-20-14-5-3-4-11-10(14)6-7-12-13(18(19)21-2)8-15-17(16(11)12)23-9-22-15/h3-8H,9H2,1-2H3. The van der Waals surface area contributed by atoms with Crippen molar-refractivity contribution in [2.24, 2.45) is 0 Å². The van der Waals surface area contributed by atoms with Crippen LogP contribution in [0.3, 0.4) is 0 Å². The van der Waals surface area contributed by atoms with Crippen LogP contribution < -0.4 is 14.2 Å². The molecule has 0 N–H and O–H groups in total. The summed E-state index contributed by atoms with van der Waals surface area (Å²) in [5, 5.41) is 3.48. The Kier molecular flexibility index (Phi) is 3.01. The molecule has 0 saturated carbocycles. The van der Waals surface area contributed by atoms with Crippen molar-refractivity contribution in [3.8, 4) is 17.2 Å². The van der Waals surface area contributed by atoms with Crippen LogP contribution in [0.5, 0.6) is 17.2 Å². The van der Waals surface area contributed by atoms with Gasteiger partial charge in [-0.25, -0.2) is 4.79 Å². The highest BCUT2D eigenvalue weighted by Crippen LogP contribution is 2.45. The molecule has 4 rings (SSSR count). The summed E-state index contributed by atoms with van der Waals surface area (Å²) in [5.41, 5.74) is 0.455. The van der Waals surface area contributed by atoms with Crippen molar-refractivity contribution in [2.45, 2.75) is 0 Å². The number of hydrogen-bond acceptors (Lipinski definition) is 5. The highest BCUT2D eigenvalue weighted by Gasteiger charge is 2.24. The number of fused-ring (bicyclic) bond motifs is 5. The Hall–Kier alpha value is -2.95. The zero-order valence-electron chi connectivity index (χ0n) is 12.7. The number of carbonyl (C=O) groups is 1. The van der Waals surface area contributed by atoms with Crippen LogP contribution in [0.1, 0.15) is 10.4 Å². The summed E-state index contributed by atoms with van der Waals surface area (Å²) in [7, 11) is 3.00. The van der Waals surface area contributed by atoms with Gasteiger partial charge >= 0.3 is 5.97 Å². The zero-order chi connectivity index (χ0) is 16.0. The lowest BCUT2D eigenvalue weighted by molar-refractivity contribution is 0.0602. The number of rotatable bonds is 2. The van der Waals surface area contributed by atoms with Gasteiger partial charge in [0.05, 0.1) is 19.8 Å². The van der Waals surface area contributed by atoms with Gasteiger partial charge in [-0.05, 0) is 23.6 Å². The summed E-state index contributed by atoms with van der Waals surface area (Å²) in [6.45, 7) is 0.134. The van der Waals surface area contributed by atoms with Gasteiger partial charge < -0.3 is 18.9 Å². The Balaban J connectivity index is 2.19. The van der Waals surface area contributed by atoms with Crippen LogP contribution in [0.2, 0.25) is 0 Å². The molecule has 0 unspecified atom stereocenters. The van der Waals surface area contributed by atoms with Gasteiger partial charge in [0.15, 0.2) is 11.5 Å². The van der Waals surface area contributed by atoms with E-state index in [2.05, 4.69) is 0 Å². The largest absolute Gasteiger partial charge is 0.496 e. The second-order valence-corrected chi connectivity index (χ2v) is 5.19. The van der Waals surface area contributed by atoms with Crippen LogP contribution in [-0.2, 0) is 4.74 Å². The van der Waals surface area contributed by atoms with Gasteiger partial charge in [-0.1, -0.05) is 18.2 Å². The first-order valence-electron chi connectivity index (χ1n) is 7.15. The lowest BCUT2D eigenvalue weighted by Gasteiger charge is -2.12. The van der Waals surface area contributed by atoms with Gasteiger partial charge in [0.25, 0.3) is 0 Å². The molecule has 0 atom stereocenters. The second-order valence-electron chi connectivity index (χ2n) is 5.19. The molecule has 0 saturated heterocycles. The predicted octanol–water partition coefficient (Wildman–Crippen LogP) is 3.52. The molecule has 5 heteroatoms. The third-order valence-corrected chi connectivity index (χ3v) is 4.08. The summed E-state index contributed by atoms with van der Waals surface area (Å²) < 4.78 is 21.5. The van der Waals surface area contributed by atoms with Crippen LogP contribution >= 0.6 is 0 Å². The fourth-order valence-electron chi connectivity index (χ4n) is 3.05. The summed E-state index contributed by atoms with van der Waals surface area (Å²) in [4.78, 5) is 12.1. The Bertz CT molecular complexity index is 945. The zero-order valence-corrected chi connectivity index (χ0v) is 12.7. The molecule has 116 valence electrons. The van der Waals surface area contributed by atoms with E-state index >= 15 is 0 Å². The van der Waals surface area contributed by atoms with Gasteiger partial charge in [0.1, 0.15) is 5.75 Å². The van der Waals surface area contributed by atoms with Crippen LogP contribution in [0.25, 0.3) is 21.5 Å². The van der Waals surface area contributed by atoms with E-state index in [4.69, 9.17) is 18.9 Å². The first kappa shape index (κ1) is 13.7. The first-order valence-corrected chi connectivity index (χ1v) is 7.15. The number of esters is 1. The summed E-state index contributed by atoms with van der Waals surface area (Å²) in [6, 6.07) is 11.3. The maximum Gasteiger partial charge on any atom is 0.338 e. The molecule has 1 aliphatic rings. The fraction of sp³-hybridized carbons (Fsp3) is 0.167. The summed E-state index contributed by atoms with van der Waals surface area (Å²) in [5.74, 6) is 1.55. The van der Waals surface area contributed by atoms with Gasteiger partial charge in [0, 0.05) is 16.2 Å². The first-order chi connectivity index (χ1) is 11.2. The molecule has 23 heavy (non-hydrogen) atoms. The van der Waals surface area contributed by atoms with Crippen molar-refractivity contribution < 1.29 is 23.7 Å². The molecule has 0 spiro atoms. The van der Waals surface area contributed by atoms with Crippen LogP contribution in [0.4, 0.5) is 0 Å². The quantitative estimate of drug-likeness (QED) is 0.535. The van der Waals surface area contributed by atoms with Gasteiger partial charge in [-0.15, -0.1) is 0 Å². The lowest BCUT2D eigenvalue weighted by atomic mass is 9.96. The predicted molar refractivity (Wildman–Crippen MR) is 85.5 cm³/mol. The maximum atomic E-state index is 12.1. The number of hydrogen-bond donors (Lipinski definition) is 0. The third-order valence-electron chi connectivity index (χ3n) is 4.08. The molecule has 3 aromatic carbocycles. The van der Waals surface area contributed by atoms with Crippen molar-refractivity contribution in [3.63, 3.8) is 0 Å². The van der Waals surface area contributed by atoms with E-state index < -0.39 is 5.97 Å². The molecule has 1 heterocycles. The van der Waals surface area contributed by atoms with Crippen molar-refractivity contribution >= 4 is 27.5 Å². The Morgan fingerprint density at radius 3 is 2.65 bits per heavy atom. The summed E-state index contributed by atoms with van der Waals surface area (Å²) >= 11 is 0. The smallest absolute Gasteiger partial charge is 0.338 e. The van der Waals surface area contributed by atoms with E-state index in [9.17, 15) is 4.79 Å². The molecule has 0 fully saturated rings. The minimum Gasteiger partial charge on any atom is -0.496 e. The number of methoxy groups -OCH3 is 2. The molecule has 0 radical (unpaired) electrons. The van der Waals surface area contributed by atoms with Crippen molar-refractivity contribution in [3.05, 3.63) is 42.0 Å². The van der Waals surface area contributed by atoms with E-state index in [0.717, 1.165) is 27.3 Å². The molecule has 5 nitrogen and oxygen atoms in total. The van der Waals surface area contributed by atoms with Crippen LogP contribution in [-0.4, -0.2) is 27.0 Å². The maximum absolute atomic E-state index is 12.1. The van der Waals surface area contributed by atoms with E-state index in [0.29, 0.717) is 17.1 Å². The van der Waals surface area contributed by atoms with Crippen LogP contribution in [0.15, 0.2) is 36.4 Å². The van der Waals surface area contributed by atoms with Gasteiger partial charge in [-0.3, -0.25) is 0 Å². The number of carbonyl (C=O) groups excluding carboxylic acids is 1. The molecule has 0 amide bonds. The highest BCUT2D eigenvalue weighted by atomic mass is 16.7. The van der Waals surface area contributed by atoms with Gasteiger partial charge in [0.2, 0.25) is 6.79 Å². The Morgan fingerprint density at radius 1 is 1.04 bits per heavy atom. The highest BCUT2D eigenvalue weighted by molar-refractivity contribution is 6.18. The molecule has 0 aromatic heterocycles.